The average molecular weight is 382 g/mol. The predicted molar refractivity (Wildman–Crippen MR) is 90.0 cm³/mol. The Kier molecular flexibility index (Phi) is 9.12. The third-order valence-corrected chi connectivity index (χ3v) is 3.12. The molecule has 1 amide bonds. The van der Waals surface area contributed by atoms with Gasteiger partial charge in [0.15, 0.2) is 5.96 Å². The number of aliphatic imine (C=N–C) groups is 1. The number of halogens is 1. The molecule has 0 radical (unpaired) electrons. The van der Waals surface area contributed by atoms with E-state index in [1.807, 2.05) is 0 Å². The second-order valence-electron chi connectivity index (χ2n) is 5.23. The Morgan fingerprint density at radius 2 is 2.05 bits per heavy atom. The fourth-order valence-electron chi connectivity index (χ4n) is 1.34. The zero-order valence-electron chi connectivity index (χ0n) is 12.4. The van der Waals surface area contributed by atoms with E-state index >= 15 is 0 Å². The van der Waals surface area contributed by atoms with Crippen molar-refractivity contribution in [2.24, 2.45) is 10.9 Å². The van der Waals surface area contributed by atoms with Crippen LogP contribution in [-0.4, -0.2) is 50.0 Å². The summed E-state index contributed by atoms with van der Waals surface area (Å²) in [4.78, 5) is 17.4. The summed E-state index contributed by atoms with van der Waals surface area (Å²) < 4.78 is 0. The molecule has 2 N–H and O–H groups in total. The molecule has 19 heavy (non-hydrogen) atoms. The first kappa shape index (κ1) is 18.5. The zero-order valence-corrected chi connectivity index (χ0v) is 14.7. The lowest BCUT2D eigenvalue weighted by atomic mass is 10.3. The van der Waals surface area contributed by atoms with Crippen molar-refractivity contribution < 1.29 is 4.79 Å². The third-order valence-electron chi connectivity index (χ3n) is 3.12. The molecule has 1 rings (SSSR count). The highest BCUT2D eigenvalue weighted by Crippen LogP contribution is 2.27. The first-order chi connectivity index (χ1) is 8.52. The van der Waals surface area contributed by atoms with E-state index in [1.54, 1.807) is 19.0 Å². The van der Waals surface area contributed by atoms with Gasteiger partial charge in [-0.25, -0.2) is 4.99 Å². The van der Waals surface area contributed by atoms with Crippen LogP contribution in [0.15, 0.2) is 4.99 Å². The SMILES string of the molecule is CCC(C)NC(=NCC(=O)N(C)C)NCC1CC1.I. The molecule has 1 aliphatic rings. The number of carbonyl (C=O) groups excluding carboxylic acids is 1. The summed E-state index contributed by atoms with van der Waals surface area (Å²) in [5.41, 5.74) is 0. The predicted octanol–water partition coefficient (Wildman–Crippen LogP) is 1.44. The fourth-order valence-corrected chi connectivity index (χ4v) is 1.34. The minimum atomic E-state index is 0. The number of nitrogens with zero attached hydrogens (tertiary/aromatic N) is 2. The van der Waals surface area contributed by atoms with E-state index in [-0.39, 0.29) is 36.4 Å². The van der Waals surface area contributed by atoms with E-state index in [2.05, 4.69) is 29.5 Å². The smallest absolute Gasteiger partial charge is 0.243 e. The number of carbonyl (C=O) groups is 1. The van der Waals surface area contributed by atoms with Crippen molar-refractivity contribution in [3.8, 4) is 0 Å². The number of amides is 1. The van der Waals surface area contributed by atoms with E-state index in [1.165, 1.54) is 12.8 Å². The number of likely N-dealkylation sites (N-methyl/N-ethyl adjacent to an activating group) is 1. The molecule has 1 saturated carbocycles. The van der Waals surface area contributed by atoms with Crippen LogP contribution < -0.4 is 10.6 Å². The lowest BCUT2D eigenvalue weighted by molar-refractivity contribution is -0.127. The highest BCUT2D eigenvalue weighted by Gasteiger charge is 2.21. The Morgan fingerprint density at radius 3 is 2.53 bits per heavy atom. The average Bonchev–Trinajstić information content (AvgIpc) is 3.15. The zero-order chi connectivity index (χ0) is 13.5. The number of rotatable bonds is 6. The molecule has 1 atom stereocenters. The summed E-state index contributed by atoms with van der Waals surface area (Å²) in [6, 6.07) is 0.366. The summed E-state index contributed by atoms with van der Waals surface area (Å²) in [5.74, 6) is 1.57. The minimum absolute atomic E-state index is 0. The second kappa shape index (κ2) is 9.39. The molecular formula is C13H27IN4O. The van der Waals surface area contributed by atoms with Crippen LogP contribution in [0, 0.1) is 5.92 Å². The maximum Gasteiger partial charge on any atom is 0.243 e. The lowest BCUT2D eigenvalue weighted by Gasteiger charge is -2.17. The van der Waals surface area contributed by atoms with Crippen molar-refractivity contribution >= 4 is 35.8 Å². The minimum Gasteiger partial charge on any atom is -0.356 e. The van der Waals surface area contributed by atoms with Crippen LogP contribution in [0.2, 0.25) is 0 Å². The summed E-state index contributed by atoms with van der Waals surface area (Å²) >= 11 is 0. The van der Waals surface area contributed by atoms with Crippen LogP contribution in [-0.2, 0) is 4.79 Å². The standard InChI is InChI=1S/C13H26N4O.HI/c1-5-10(2)16-13(14-8-11-6-7-11)15-9-12(18)17(3)4;/h10-11H,5-9H2,1-4H3,(H2,14,15,16);1H. The molecule has 1 unspecified atom stereocenters. The molecule has 0 spiro atoms. The van der Waals surface area contributed by atoms with Crippen LogP contribution >= 0.6 is 24.0 Å². The molecule has 0 aromatic heterocycles. The van der Waals surface area contributed by atoms with Gasteiger partial charge in [-0.3, -0.25) is 4.79 Å². The van der Waals surface area contributed by atoms with Gasteiger partial charge in [0.2, 0.25) is 5.91 Å². The van der Waals surface area contributed by atoms with Crippen LogP contribution in [0.1, 0.15) is 33.1 Å². The summed E-state index contributed by atoms with van der Waals surface area (Å²) in [6.45, 7) is 5.39. The van der Waals surface area contributed by atoms with E-state index in [9.17, 15) is 4.79 Å². The Labute approximate surface area is 133 Å². The summed E-state index contributed by atoms with van der Waals surface area (Å²) in [6.07, 6.45) is 3.65. The molecule has 0 aromatic rings. The fraction of sp³-hybridized carbons (Fsp3) is 0.846. The van der Waals surface area contributed by atoms with Crippen molar-refractivity contribution in [2.75, 3.05) is 27.2 Å². The molecule has 0 saturated heterocycles. The summed E-state index contributed by atoms with van der Waals surface area (Å²) in [5, 5.41) is 6.62. The van der Waals surface area contributed by atoms with E-state index in [0.717, 1.165) is 24.8 Å². The van der Waals surface area contributed by atoms with Gasteiger partial charge >= 0.3 is 0 Å². The van der Waals surface area contributed by atoms with Gasteiger partial charge in [-0.15, -0.1) is 24.0 Å². The van der Waals surface area contributed by atoms with E-state index < -0.39 is 0 Å². The molecule has 1 aliphatic carbocycles. The van der Waals surface area contributed by atoms with Crippen molar-refractivity contribution in [1.82, 2.24) is 15.5 Å². The quantitative estimate of drug-likeness (QED) is 0.415. The molecule has 1 fully saturated rings. The van der Waals surface area contributed by atoms with E-state index in [4.69, 9.17) is 0 Å². The number of hydrogen-bond acceptors (Lipinski definition) is 2. The second-order valence-corrected chi connectivity index (χ2v) is 5.23. The van der Waals surface area contributed by atoms with Crippen molar-refractivity contribution in [1.29, 1.82) is 0 Å². The highest BCUT2D eigenvalue weighted by atomic mass is 127. The van der Waals surface area contributed by atoms with Gasteiger partial charge in [0.05, 0.1) is 0 Å². The Hall–Kier alpha value is -0.530. The normalized spacial score (nSPS) is 16.3. The molecule has 0 aromatic carbocycles. The third kappa shape index (κ3) is 8.28. The van der Waals surface area contributed by atoms with Gasteiger partial charge in [0.25, 0.3) is 0 Å². The molecule has 0 bridgehead atoms. The maximum atomic E-state index is 11.5. The monoisotopic (exact) mass is 382 g/mol. The Morgan fingerprint density at radius 1 is 1.42 bits per heavy atom. The number of hydrogen-bond donors (Lipinski definition) is 2. The van der Waals surface area contributed by atoms with Crippen molar-refractivity contribution in [3.05, 3.63) is 0 Å². The first-order valence-corrected chi connectivity index (χ1v) is 6.78. The largest absolute Gasteiger partial charge is 0.356 e. The molecule has 6 heteroatoms. The molecule has 0 aliphatic heterocycles. The topological polar surface area (TPSA) is 56.7 Å². The van der Waals surface area contributed by atoms with Gasteiger partial charge in [-0.05, 0) is 32.1 Å². The van der Waals surface area contributed by atoms with Gasteiger partial charge in [0.1, 0.15) is 6.54 Å². The molecule has 5 nitrogen and oxygen atoms in total. The van der Waals surface area contributed by atoms with Crippen LogP contribution in [0.25, 0.3) is 0 Å². The number of guanidine groups is 1. The van der Waals surface area contributed by atoms with Gasteiger partial charge in [0, 0.05) is 26.7 Å². The van der Waals surface area contributed by atoms with Crippen LogP contribution in [0.3, 0.4) is 0 Å². The maximum absolute atomic E-state index is 11.5. The number of nitrogens with one attached hydrogen (secondary N) is 2. The highest BCUT2D eigenvalue weighted by molar-refractivity contribution is 14.0. The lowest BCUT2D eigenvalue weighted by Crippen LogP contribution is -2.43. The Balaban J connectivity index is 0.00000324. The Bertz CT molecular complexity index is 303. The first-order valence-electron chi connectivity index (χ1n) is 6.78. The molecule has 0 heterocycles. The summed E-state index contributed by atoms with van der Waals surface area (Å²) in [7, 11) is 3.49. The van der Waals surface area contributed by atoms with E-state index in [0.29, 0.717) is 6.04 Å². The van der Waals surface area contributed by atoms with Crippen molar-refractivity contribution in [2.45, 2.75) is 39.2 Å². The van der Waals surface area contributed by atoms with Gasteiger partial charge in [-0.2, -0.15) is 0 Å². The molecule has 112 valence electrons. The molecular weight excluding hydrogens is 355 g/mol. The van der Waals surface area contributed by atoms with Crippen LogP contribution in [0.4, 0.5) is 0 Å². The van der Waals surface area contributed by atoms with Gasteiger partial charge in [-0.1, -0.05) is 6.92 Å². The van der Waals surface area contributed by atoms with Crippen molar-refractivity contribution in [3.63, 3.8) is 0 Å². The van der Waals surface area contributed by atoms with Crippen LogP contribution in [0.5, 0.6) is 0 Å². The van der Waals surface area contributed by atoms with Gasteiger partial charge < -0.3 is 15.5 Å².